The Morgan fingerprint density at radius 1 is 1.16 bits per heavy atom. The fraction of sp³-hybridized carbons (Fsp3) is 0.200. The number of carbonyl (C=O) groups is 1. The molecule has 0 spiro atoms. The molecule has 0 bridgehead atoms. The molecule has 1 aromatic heterocycles. The standard InChI is InChI=1S/C20H19NO4/c1-12-7-13(2)19-17(8-12)15(10-18(22)25-19)11-21-20(23)14-5-4-6-16(9-14)24-3/h4-10H,11H2,1-3H3,(H,21,23). The molecule has 1 amide bonds. The summed E-state index contributed by atoms with van der Waals surface area (Å²) in [6.07, 6.45) is 0. The van der Waals surface area contributed by atoms with Crippen molar-refractivity contribution in [3.05, 3.63) is 75.1 Å². The van der Waals surface area contributed by atoms with Crippen molar-refractivity contribution in [1.82, 2.24) is 5.32 Å². The maximum Gasteiger partial charge on any atom is 0.336 e. The van der Waals surface area contributed by atoms with E-state index in [-0.39, 0.29) is 12.5 Å². The predicted molar refractivity (Wildman–Crippen MR) is 96.1 cm³/mol. The third-order valence-electron chi connectivity index (χ3n) is 4.03. The number of aryl methyl sites for hydroxylation is 2. The van der Waals surface area contributed by atoms with Crippen molar-refractivity contribution < 1.29 is 13.9 Å². The number of carbonyl (C=O) groups excluding carboxylic acids is 1. The third kappa shape index (κ3) is 3.55. The van der Waals surface area contributed by atoms with Gasteiger partial charge in [-0.3, -0.25) is 4.79 Å². The quantitative estimate of drug-likeness (QED) is 0.741. The highest BCUT2D eigenvalue weighted by Crippen LogP contribution is 2.22. The topological polar surface area (TPSA) is 68.5 Å². The van der Waals surface area contributed by atoms with E-state index in [9.17, 15) is 9.59 Å². The summed E-state index contributed by atoms with van der Waals surface area (Å²) in [5.41, 5.74) is 3.33. The van der Waals surface area contributed by atoms with Crippen molar-refractivity contribution >= 4 is 16.9 Å². The molecular formula is C20H19NO4. The maximum absolute atomic E-state index is 12.4. The Morgan fingerprint density at radius 3 is 2.72 bits per heavy atom. The zero-order valence-corrected chi connectivity index (χ0v) is 14.4. The lowest BCUT2D eigenvalue weighted by Crippen LogP contribution is -2.23. The van der Waals surface area contributed by atoms with Crippen LogP contribution in [0.2, 0.25) is 0 Å². The van der Waals surface area contributed by atoms with Crippen LogP contribution in [0.15, 0.2) is 51.7 Å². The molecule has 0 unspecified atom stereocenters. The summed E-state index contributed by atoms with van der Waals surface area (Å²) in [5, 5.41) is 3.69. The minimum absolute atomic E-state index is 0.232. The SMILES string of the molecule is COc1cccc(C(=O)NCc2cc(=O)oc3c(C)cc(C)cc23)c1. The van der Waals surface area contributed by atoms with Gasteiger partial charge in [0.15, 0.2) is 0 Å². The summed E-state index contributed by atoms with van der Waals surface area (Å²) < 4.78 is 10.5. The molecule has 0 saturated carbocycles. The fourth-order valence-electron chi connectivity index (χ4n) is 2.87. The van der Waals surface area contributed by atoms with Gasteiger partial charge in [0.1, 0.15) is 11.3 Å². The first-order chi connectivity index (χ1) is 12.0. The summed E-state index contributed by atoms with van der Waals surface area (Å²) in [6.45, 7) is 4.12. The Balaban J connectivity index is 1.90. The van der Waals surface area contributed by atoms with E-state index in [2.05, 4.69) is 5.32 Å². The summed E-state index contributed by atoms with van der Waals surface area (Å²) in [7, 11) is 1.55. The largest absolute Gasteiger partial charge is 0.497 e. The third-order valence-corrected chi connectivity index (χ3v) is 4.03. The van der Waals surface area contributed by atoms with Crippen molar-refractivity contribution in [3.8, 4) is 5.75 Å². The number of rotatable bonds is 4. The zero-order chi connectivity index (χ0) is 18.0. The van der Waals surface area contributed by atoms with Gasteiger partial charge in [0.25, 0.3) is 5.91 Å². The summed E-state index contributed by atoms with van der Waals surface area (Å²) in [4.78, 5) is 24.2. The number of ether oxygens (including phenoxy) is 1. The number of fused-ring (bicyclic) bond motifs is 1. The zero-order valence-electron chi connectivity index (χ0n) is 14.4. The molecule has 0 radical (unpaired) electrons. The van der Waals surface area contributed by atoms with Gasteiger partial charge in [-0.15, -0.1) is 0 Å². The normalized spacial score (nSPS) is 10.7. The van der Waals surface area contributed by atoms with Crippen LogP contribution in [0.1, 0.15) is 27.0 Å². The summed E-state index contributed by atoms with van der Waals surface area (Å²) >= 11 is 0. The lowest BCUT2D eigenvalue weighted by molar-refractivity contribution is 0.0950. The number of hydrogen-bond donors (Lipinski definition) is 1. The van der Waals surface area contributed by atoms with Gasteiger partial charge in [0, 0.05) is 23.6 Å². The van der Waals surface area contributed by atoms with Gasteiger partial charge < -0.3 is 14.5 Å². The molecule has 1 N–H and O–H groups in total. The van der Waals surface area contributed by atoms with Crippen LogP contribution in [-0.4, -0.2) is 13.0 Å². The van der Waals surface area contributed by atoms with Gasteiger partial charge in [0.05, 0.1) is 7.11 Å². The molecule has 0 atom stereocenters. The van der Waals surface area contributed by atoms with Crippen molar-refractivity contribution in [3.63, 3.8) is 0 Å². The van der Waals surface area contributed by atoms with E-state index in [0.29, 0.717) is 16.9 Å². The van der Waals surface area contributed by atoms with Crippen LogP contribution in [-0.2, 0) is 6.54 Å². The molecule has 0 fully saturated rings. The van der Waals surface area contributed by atoms with E-state index >= 15 is 0 Å². The molecule has 2 aromatic carbocycles. The second-order valence-electron chi connectivity index (χ2n) is 5.96. The van der Waals surface area contributed by atoms with Crippen molar-refractivity contribution in [1.29, 1.82) is 0 Å². The second kappa shape index (κ2) is 6.81. The average Bonchev–Trinajstić information content (AvgIpc) is 2.60. The first kappa shape index (κ1) is 16.8. The van der Waals surface area contributed by atoms with Gasteiger partial charge in [-0.05, 0) is 54.8 Å². The number of nitrogens with one attached hydrogen (secondary N) is 1. The number of hydrogen-bond acceptors (Lipinski definition) is 4. The number of methoxy groups -OCH3 is 1. The molecule has 1 heterocycles. The van der Waals surface area contributed by atoms with Gasteiger partial charge in [-0.1, -0.05) is 12.1 Å². The first-order valence-electron chi connectivity index (χ1n) is 7.94. The molecule has 128 valence electrons. The highest BCUT2D eigenvalue weighted by atomic mass is 16.5. The van der Waals surface area contributed by atoms with Crippen LogP contribution in [0, 0.1) is 13.8 Å². The Bertz CT molecular complexity index is 1000. The number of amides is 1. The van der Waals surface area contributed by atoms with Gasteiger partial charge in [-0.25, -0.2) is 4.79 Å². The van der Waals surface area contributed by atoms with Crippen molar-refractivity contribution in [2.75, 3.05) is 7.11 Å². The van der Waals surface area contributed by atoms with Crippen LogP contribution in [0.25, 0.3) is 11.0 Å². The molecule has 3 aromatic rings. The Kier molecular flexibility index (Phi) is 4.57. The first-order valence-corrected chi connectivity index (χ1v) is 7.94. The van der Waals surface area contributed by atoms with E-state index in [4.69, 9.17) is 9.15 Å². The van der Waals surface area contributed by atoms with E-state index in [0.717, 1.165) is 22.1 Å². The highest BCUT2D eigenvalue weighted by Gasteiger charge is 2.11. The molecule has 0 aliphatic heterocycles. The second-order valence-corrected chi connectivity index (χ2v) is 5.96. The fourth-order valence-corrected chi connectivity index (χ4v) is 2.87. The van der Waals surface area contributed by atoms with Gasteiger partial charge in [0.2, 0.25) is 0 Å². The van der Waals surface area contributed by atoms with E-state index in [1.807, 2.05) is 26.0 Å². The molecule has 0 saturated heterocycles. The summed E-state index contributed by atoms with van der Waals surface area (Å²) in [5.74, 6) is 0.384. The lowest BCUT2D eigenvalue weighted by atomic mass is 10.0. The van der Waals surface area contributed by atoms with Crippen molar-refractivity contribution in [2.45, 2.75) is 20.4 Å². The van der Waals surface area contributed by atoms with E-state index < -0.39 is 5.63 Å². The molecule has 0 aliphatic carbocycles. The highest BCUT2D eigenvalue weighted by molar-refractivity contribution is 5.95. The van der Waals surface area contributed by atoms with Crippen LogP contribution in [0.5, 0.6) is 5.75 Å². The maximum atomic E-state index is 12.4. The minimum Gasteiger partial charge on any atom is -0.497 e. The van der Waals surface area contributed by atoms with Gasteiger partial charge >= 0.3 is 5.63 Å². The van der Waals surface area contributed by atoms with Crippen LogP contribution in [0.4, 0.5) is 0 Å². The molecule has 5 nitrogen and oxygen atoms in total. The predicted octanol–water partition coefficient (Wildman–Crippen LogP) is 3.35. The lowest BCUT2D eigenvalue weighted by Gasteiger charge is -2.10. The smallest absolute Gasteiger partial charge is 0.336 e. The van der Waals surface area contributed by atoms with E-state index in [1.54, 1.807) is 31.4 Å². The van der Waals surface area contributed by atoms with Crippen LogP contribution < -0.4 is 15.7 Å². The molecule has 25 heavy (non-hydrogen) atoms. The Morgan fingerprint density at radius 2 is 1.96 bits per heavy atom. The number of benzene rings is 2. The van der Waals surface area contributed by atoms with Crippen LogP contribution in [0.3, 0.4) is 0 Å². The minimum atomic E-state index is -0.426. The average molecular weight is 337 g/mol. The Hall–Kier alpha value is -3.08. The molecule has 3 rings (SSSR count). The van der Waals surface area contributed by atoms with E-state index in [1.165, 1.54) is 6.07 Å². The van der Waals surface area contributed by atoms with Crippen molar-refractivity contribution in [2.24, 2.45) is 0 Å². The molecule has 0 aliphatic rings. The Labute approximate surface area is 145 Å². The van der Waals surface area contributed by atoms with Gasteiger partial charge in [-0.2, -0.15) is 0 Å². The molecule has 5 heteroatoms. The monoisotopic (exact) mass is 337 g/mol. The molecular weight excluding hydrogens is 318 g/mol. The van der Waals surface area contributed by atoms with Crippen LogP contribution >= 0.6 is 0 Å². The summed E-state index contributed by atoms with van der Waals surface area (Å²) in [6, 6.07) is 12.3.